The predicted octanol–water partition coefficient (Wildman–Crippen LogP) is 3.75. The van der Waals surface area contributed by atoms with E-state index >= 15 is 0 Å². The van der Waals surface area contributed by atoms with Gasteiger partial charge in [-0.05, 0) is 51.1 Å². The van der Waals surface area contributed by atoms with E-state index in [1.165, 1.54) is 6.42 Å². The van der Waals surface area contributed by atoms with Gasteiger partial charge in [0.05, 0.1) is 12.2 Å². The number of benzene rings is 1. The van der Waals surface area contributed by atoms with Crippen LogP contribution >= 0.6 is 0 Å². The van der Waals surface area contributed by atoms with Gasteiger partial charge in [-0.15, -0.1) is 0 Å². The van der Waals surface area contributed by atoms with E-state index in [4.69, 9.17) is 9.47 Å². The minimum absolute atomic E-state index is 0.0702. The van der Waals surface area contributed by atoms with Gasteiger partial charge in [0.2, 0.25) is 0 Å². The van der Waals surface area contributed by atoms with Crippen molar-refractivity contribution >= 4 is 5.97 Å². The molecule has 0 amide bonds. The first-order valence-corrected chi connectivity index (χ1v) is 10.2. The smallest absolute Gasteiger partial charge is 0.344 e. The molecule has 0 saturated heterocycles. The van der Waals surface area contributed by atoms with Gasteiger partial charge in [-0.25, -0.2) is 4.79 Å². The van der Waals surface area contributed by atoms with E-state index < -0.39 is 5.60 Å². The van der Waals surface area contributed by atoms with E-state index in [1.54, 1.807) is 0 Å². The maximum Gasteiger partial charge on any atom is 0.344 e. The van der Waals surface area contributed by atoms with E-state index in [9.17, 15) is 9.90 Å². The Morgan fingerprint density at radius 1 is 1.19 bits per heavy atom. The summed E-state index contributed by atoms with van der Waals surface area (Å²) in [5.41, 5.74) is 0.472. The molecule has 1 aliphatic carbocycles. The van der Waals surface area contributed by atoms with Gasteiger partial charge >= 0.3 is 5.97 Å². The second-order valence-corrected chi connectivity index (χ2v) is 7.91. The standard InChI is InChI=1S/C22H35NO4/c1-4-5-15-26-21(24)17-27-19-11-9-18(10-12-19)20(16-23(2)3)22(25)13-7-6-8-14-22/h9-12,20,25H,4-8,13-17H2,1-3H3. The highest BCUT2D eigenvalue weighted by Crippen LogP contribution is 2.40. The normalized spacial score (nSPS) is 17.5. The zero-order valence-electron chi connectivity index (χ0n) is 17.1. The summed E-state index contributed by atoms with van der Waals surface area (Å²) >= 11 is 0. The van der Waals surface area contributed by atoms with Crippen LogP contribution in [0, 0.1) is 0 Å². The first-order chi connectivity index (χ1) is 12.9. The molecule has 1 fully saturated rings. The molecule has 2 rings (SSSR count). The highest BCUT2D eigenvalue weighted by molar-refractivity contribution is 5.71. The molecule has 5 nitrogen and oxygen atoms in total. The van der Waals surface area contributed by atoms with Crippen LogP contribution in [-0.4, -0.2) is 55.4 Å². The Balaban J connectivity index is 1.98. The van der Waals surface area contributed by atoms with E-state index in [0.29, 0.717) is 12.4 Å². The van der Waals surface area contributed by atoms with Gasteiger partial charge in [0, 0.05) is 12.5 Å². The highest BCUT2D eigenvalue weighted by Gasteiger charge is 2.38. The Morgan fingerprint density at radius 3 is 2.44 bits per heavy atom. The number of rotatable bonds is 10. The van der Waals surface area contributed by atoms with Crippen molar-refractivity contribution < 1.29 is 19.4 Å². The Labute approximate surface area is 163 Å². The van der Waals surface area contributed by atoms with Crippen LogP contribution in [-0.2, 0) is 9.53 Å². The van der Waals surface area contributed by atoms with Crippen LogP contribution in [0.1, 0.15) is 63.4 Å². The summed E-state index contributed by atoms with van der Waals surface area (Å²) < 4.78 is 10.6. The molecule has 0 heterocycles. The maximum absolute atomic E-state index is 11.7. The zero-order valence-corrected chi connectivity index (χ0v) is 17.1. The summed E-state index contributed by atoms with van der Waals surface area (Å²) in [4.78, 5) is 13.8. The van der Waals surface area contributed by atoms with E-state index in [0.717, 1.165) is 50.6 Å². The van der Waals surface area contributed by atoms with Crippen LogP contribution in [0.3, 0.4) is 0 Å². The Hall–Kier alpha value is -1.59. The quantitative estimate of drug-likeness (QED) is 0.497. The van der Waals surface area contributed by atoms with Crippen molar-refractivity contribution in [3.05, 3.63) is 29.8 Å². The Morgan fingerprint density at radius 2 is 1.85 bits per heavy atom. The average Bonchev–Trinajstić information content (AvgIpc) is 2.65. The monoisotopic (exact) mass is 377 g/mol. The third kappa shape index (κ3) is 6.82. The first-order valence-electron chi connectivity index (χ1n) is 10.2. The minimum atomic E-state index is -0.645. The molecule has 1 saturated carbocycles. The highest BCUT2D eigenvalue weighted by atomic mass is 16.6. The Kier molecular flexibility index (Phi) is 8.58. The number of carbonyl (C=O) groups excluding carboxylic acids is 1. The van der Waals surface area contributed by atoms with Crippen molar-refractivity contribution in [1.29, 1.82) is 0 Å². The number of esters is 1. The molecule has 5 heteroatoms. The number of carbonyl (C=O) groups is 1. The number of nitrogens with zero attached hydrogens (tertiary/aromatic N) is 1. The molecule has 1 aliphatic rings. The molecule has 1 N–H and O–H groups in total. The molecule has 1 unspecified atom stereocenters. The fourth-order valence-electron chi connectivity index (χ4n) is 3.77. The second-order valence-electron chi connectivity index (χ2n) is 7.91. The van der Waals surface area contributed by atoms with Gasteiger partial charge in [-0.1, -0.05) is 44.7 Å². The molecule has 1 aromatic rings. The molecule has 0 spiro atoms. The maximum atomic E-state index is 11.7. The fourth-order valence-corrected chi connectivity index (χ4v) is 3.77. The molecule has 27 heavy (non-hydrogen) atoms. The van der Waals surface area contributed by atoms with E-state index in [1.807, 2.05) is 38.4 Å². The molecule has 0 radical (unpaired) electrons. The van der Waals surface area contributed by atoms with Crippen LogP contribution < -0.4 is 4.74 Å². The van der Waals surface area contributed by atoms with Crippen LogP contribution in [0.4, 0.5) is 0 Å². The van der Waals surface area contributed by atoms with Gasteiger partial charge in [0.25, 0.3) is 0 Å². The van der Waals surface area contributed by atoms with Crippen molar-refractivity contribution in [3.8, 4) is 5.75 Å². The largest absolute Gasteiger partial charge is 0.482 e. The van der Waals surface area contributed by atoms with Crippen LogP contribution in [0.2, 0.25) is 0 Å². The fraction of sp³-hybridized carbons (Fsp3) is 0.682. The van der Waals surface area contributed by atoms with Crippen LogP contribution in [0.15, 0.2) is 24.3 Å². The number of hydrogen-bond donors (Lipinski definition) is 1. The van der Waals surface area contributed by atoms with Crippen molar-refractivity contribution in [2.75, 3.05) is 33.9 Å². The SMILES string of the molecule is CCCCOC(=O)COc1ccc(C(CN(C)C)C2(O)CCCCC2)cc1. The minimum Gasteiger partial charge on any atom is -0.482 e. The zero-order chi connectivity index (χ0) is 19.7. The summed E-state index contributed by atoms with van der Waals surface area (Å²) in [5.74, 6) is 0.376. The summed E-state index contributed by atoms with van der Waals surface area (Å²) in [7, 11) is 4.08. The predicted molar refractivity (Wildman–Crippen MR) is 107 cm³/mol. The van der Waals surface area contributed by atoms with Crippen molar-refractivity contribution in [1.82, 2.24) is 4.90 Å². The molecule has 0 aliphatic heterocycles. The average molecular weight is 378 g/mol. The molecular weight excluding hydrogens is 342 g/mol. The van der Waals surface area contributed by atoms with Crippen molar-refractivity contribution in [3.63, 3.8) is 0 Å². The summed E-state index contributed by atoms with van der Waals surface area (Å²) in [6, 6.07) is 7.78. The number of aliphatic hydroxyl groups is 1. The summed E-state index contributed by atoms with van der Waals surface area (Å²) in [5, 5.41) is 11.3. The third-order valence-electron chi connectivity index (χ3n) is 5.32. The first kappa shape index (κ1) is 21.7. The van der Waals surface area contributed by atoms with Crippen molar-refractivity contribution in [2.45, 2.75) is 63.4 Å². The van der Waals surface area contributed by atoms with Gasteiger partial charge in [0.15, 0.2) is 6.61 Å². The van der Waals surface area contributed by atoms with Gasteiger partial charge < -0.3 is 19.5 Å². The number of hydrogen-bond acceptors (Lipinski definition) is 5. The number of likely N-dealkylation sites (N-methyl/N-ethyl adjacent to an activating group) is 1. The third-order valence-corrected chi connectivity index (χ3v) is 5.32. The lowest BCUT2D eigenvalue weighted by Gasteiger charge is -2.40. The topological polar surface area (TPSA) is 59.0 Å². The lowest BCUT2D eigenvalue weighted by molar-refractivity contribution is -0.146. The molecular formula is C22H35NO4. The summed E-state index contributed by atoms with van der Waals surface area (Å²) in [6.45, 7) is 3.23. The summed E-state index contributed by atoms with van der Waals surface area (Å²) in [6.07, 6.45) is 6.95. The number of unbranched alkanes of at least 4 members (excludes halogenated alkanes) is 1. The van der Waals surface area contributed by atoms with Gasteiger partial charge in [-0.2, -0.15) is 0 Å². The van der Waals surface area contributed by atoms with Crippen LogP contribution in [0.5, 0.6) is 5.75 Å². The molecule has 152 valence electrons. The lowest BCUT2D eigenvalue weighted by Crippen LogP contribution is -2.42. The molecule has 1 atom stereocenters. The van der Waals surface area contributed by atoms with Gasteiger partial charge in [-0.3, -0.25) is 0 Å². The second kappa shape index (κ2) is 10.7. The van der Waals surface area contributed by atoms with Crippen molar-refractivity contribution in [2.24, 2.45) is 0 Å². The number of ether oxygens (including phenoxy) is 2. The molecule has 1 aromatic carbocycles. The Bertz CT molecular complexity index is 564. The molecule has 0 bridgehead atoms. The van der Waals surface area contributed by atoms with E-state index in [-0.39, 0.29) is 18.5 Å². The van der Waals surface area contributed by atoms with Gasteiger partial charge in [0.1, 0.15) is 5.75 Å². The van der Waals surface area contributed by atoms with Crippen LogP contribution in [0.25, 0.3) is 0 Å². The molecule has 0 aromatic heterocycles. The lowest BCUT2D eigenvalue weighted by atomic mass is 9.72. The van der Waals surface area contributed by atoms with E-state index in [2.05, 4.69) is 11.8 Å².